The van der Waals surface area contributed by atoms with E-state index in [-0.39, 0.29) is 6.61 Å². The summed E-state index contributed by atoms with van der Waals surface area (Å²) in [5.41, 5.74) is 3.81. The Bertz CT molecular complexity index is 560. The number of fused-ring (bicyclic) bond motifs is 1. The molecule has 0 radical (unpaired) electrons. The third kappa shape index (κ3) is 2.17. The van der Waals surface area contributed by atoms with Crippen molar-refractivity contribution in [2.24, 2.45) is 5.84 Å². The van der Waals surface area contributed by atoms with E-state index in [1.54, 1.807) is 6.07 Å². The highest BCUT2D eigenvalue weighted by molar-refractivity contribution is 5.91. The molecule has 0 aliphatic heterocycles. The summed E-state index contributed by atoms with van der Waals surface area (Å²) in [5.74, 6) is 3.46. The van der Waals surface area contributed by atoms with Crippen LogP contribution in [0.5, 0.6) is 0 Å². The molecule has 1 heterocycles. The second-order valence-corrected chi connectivity index (χ2v) is 3.52. The number of halogens is 2. The lowest BCUT2D eigenvalue weighted by Crippen LogP contribution is -2.09. The zero-order chi connectivity index (χ0) is 12.4. The van der Waals surface area contributed by atoms with Crippen LogP contribution < -0.4 is 11.3 Å². The predicted molar refractivity (Wildman–Crippen MR) is 60.2 cm³/mol. The van der Waals surface area contributed by atoms with E-state index in [2.05, 4.69) is 10.4 Å². The summed E-state index contributed by atoms with van der Waals surface area (Å²) in [5, 5.41) is 0.422. The molecule has 0 saturated carbocycles. The minimum absolute atomic E-state index is 0.267. The first-order valence-electron chi connectivity index (χ1n) is 4.90. The molecule has 1 aromatic carbocycles. The third-order valence-electron chi connectivity index (χ3n) is 2.35. The van der Waals surface area contributed by atoms with Crippen molar-refractivity contribution in [3.63, 3.8) is 0 Å². The quantitative estimate of drug-likeness (QED) is 0.634. The summed E-state index contributed by atoms with van der Waals surface area (Å²) in [6, 6.07) is 3.72. The molecule has 0 atom stereocenters. The number of pyridine rings is 1. The van der Waals surface area contributed by atoms with E-state index in [1.807, 2.05) is 0 Å². The van der Waals surface area contributed by atoms with Gasteiger partial charge in [-0.3, -0.25) is 10.8 Å². The lowest BCUT2D eigenvalue weighted by Gasteiger charge is -2.09. The van der Waals surface area contributed by atoms with E-state index in [0.717, 1.165) is 12.1 Å². The predicted octanol–water partition coefficient (Wildman–Crippen LogP) is 1.94. The van der Waals surface area contributed by atoms with Gasteiger partial charge in [0.25, 0.3) is 0 Å². The van der Waals surface area contributed by atoms with Crippen molar-refractivity contribution in [1.82, 2.24) is 4.98 Å². The number of hydrogen-bond acceptors (Lipinski definition) is 4. The largest absolute Gasteiger partial charge is 0.378 e. The molecule has 6 heteroatoms. The van der Waals surface area contributed by atoms with Gasteiger partial charge >= 0.3 is 0 Å². The number of rotatable bonds is 3. The first-order valence-corrected chi connectivity index (χ1v) is 4.90. The number of benzene rings is 1. The van der Waals surface area contributed by atoms with E-state index in [4.69, 9.17) is 10.6 Å². The van der Waals surface area contributed by atoms with Gasteiger partial charge in [-0.2, -0.15) is 0 Å². The molecular formula is C11H11F2N3O. The summed E-state index contributed by atoms with van der Waals surface area (Å²) in [6.07, 6.45) is 0. The Morgan fingerprint density at radius 1 is 1.29 bits per heavy atom. The summed E-state index contributed by atoms with van der Waals surface area (Å²) in [6.45, 7) is 0.267. The molecule has 0 bridgehead atoms. The molecule has 0 amide bonds. The summed E-state index contributed by atoms with van der Waals surface area (Å²) in [7, 11) is 1.52. The number of nitrogens with one attached hydrogen (secondary N) is 1. The molecule has 0 spiro atoms. The van der Waals surface area contributed by atoms with Gasteiger partial charge in [-0.05, 0) is 12.1 Å². The maximum absolute atomic E-state index is 13.1. The van der Waals surface area contributed by atoms with Gasteiger partial charge in [-0.25, -0.2) is 8.78 Å². The molecule has 0 saturated heterocycles. The van der Waals surface area contributed by atoms with Crippen molar-refractivity contribution in [1.29, 1.82) is 0 Å². The Morgan fingerprint density at radius 2 is 2.00 bits per heavy atom. The summed E-state index contributed by atoms with van der Waals surface area (Å²) in [4.78, 5) is 4.15. The third-order valence-corrected chi connectivity index (χ3v) is 2.35. The molecule has 0 aliphatic rings. The lowest BCUT2D eigenvalue weighted by molar-refractivity contribution is 0.182. The van der Waals surface area contributed by atoms with Crippen LogP contribution in [-0.2, 0) is 11.3 Å². The average molecular weight is 239 g/mol. The zero-order valence-corrected chi connectivity index (χ0v) is 9.13. The van der Waals surface area contributed by atoms with Crippen molar-refractivity contribution in [3.8, 4) is 0 Å². The minimum atomic E-state index is -0.942. The van der Waals surface area contributed by atoms with Gasteiger partial charge < -0.3 is 10.2 Å². The normalized spacial score (nSPS) is 10.8. The first-order chi connectivity index (χ1) is 8.15. The van der Waals surface area contributed by atoms with Crippen LogP contribution in [0.2, 0.25) is 0 Å². The van der Waals surface area contributed by atoms with E-state index >= 15 is 0 Å². The lowest BCUT2D eigenvalue weighted by atomic mass is 10.1. The van der Waals surface area contributed by atoms with Crippen molar-refractivity contribution < 1.29 is 13.5 Å². The number of anilines is 1. The summed E-state index contributed by atoms with van der Waals surface area (Å²) >= 11 is 0. The molecule has 17 heavy (non-hydrogen) atoms. The van der Waals surface area contributed by atoms with Crippen LogP contribution in [0.4, 0.5) is 14.5 Å². The first kappa shape index (κ1) is 11.7. The maximum Gasteiger partial charge on any atom is 0.161 e. The number of ether oxygens (including phenoxy) is 1. The fraction of sp³-hybridized carbons (Fsp3) is 0.182. The molecule has 90 valence electrons. The molecule has 1 aromatic heterocycles. The summed E-state index contributed by atoms with van der Waals surface area (Å²) < 4.78 is 31.2. The second-order valence-electron chi connectivity index (χ2n) is 3.52. The van der Waals surface area contributed by atoms with Crippen LogP contribution in [0.3, 0.4) is 0 Å². The standard InChI is InChI=1S/C11H11F2N3O/c1-17-5-6-2-11(16-14)7-3-8(12)9(13)4-10(7)15-6/h2-4H,5,14H2,1H3,(H,15,16). The average Bonchev–Trinajstić information content (AvgIpc) is 2.31. The highest BCUT2D eigenvalue weighted by Crippen LogP contribution is 2.25. The van der Waals surface area contributed by atoms with E-state index in [9.17, 15) is 8.78 Å². The molecule has 2 aromatic rings. The SMILES string of the molecule is COCc1cc(NN)c2cc(F)c(F)cc2n1. The number of methoxy groups -OCH3 is 1. The highest BCUT2D eigenvalue weighted by Gasteiger charge is 2.10. The number of nitrogens with two attached hydrogens (primary N) is 1. The van der Waals surface area contributed by atoms with Crippen molar-refractivity contribution in [2.75, 3.05) is 12.5 Å². The van der Waals surface area contributed by atoms with Gasteiger partial charge in [-0.1, -0.05) is 0 Å². The monoisotopic (exact) mass is 239 g/mol. The Labute approximate surface area is 96.4 Å². The number of hydrazine groups is 1. The number of nitrogens with zero attached hydrogens (tertiary/aromatic N) is 1. The van der Waals surface area contributed by atoms with Gasteiger partial charge in [0, 0.05) is 18.6 Å². The van der Waals surface area contributed by atoms with Crippen LogP contribution in [0.1, 0.15) is 5.69 Å². The molecule has 0 fully saturated rings. The Balaban J connectivity index is 2.68. The van der Waals surface area contributed by atoms with Gasteiger partial charge in [-0.15, -0.1) is 0 Å². The molecule has 4 nitrogen and oxygen atoms in total. The molecular weight excluding hydrogens is 228 g/mol. The molecule has 0 unspecified atom stereocenters. The Hall–Kier alpha value is -1.79. The topological polar surface area (TPSA) is 60.2 Å². The van der Waals surface area contributed by atoms with E-state index in [0.29, 0.717) is 22.3 Å². The Kier molecular flexibility index (Phi) is 3.16. The van der Waals surface area contributed by atoms with E-state index in [1.165, 1.54) is 7.11 Å². The van der Waals surface area contributed by atoms with Crippen LogP contribution in [0.25, 0.3) is 10.9 Å². The van der Waals surface area contributed by atoms with Crippen molar-refractivity contribution in [3.05, 3.63) is 35.5 Å². The highest BCUT2D eigenvalue weighted by atomic mass is 19.2. The number of nitrogen functional groups attached to an aromatic ring is 1. The van der Waals surface area contributed by atoms with Crippen LogP contribution in [-0.4, -0.2) is 12.1 Å². The number of aromatic nitrogens is 1. The minimum Gasteiger partial charge on any atom is -0.378 e. The number of hydrogen-bond donors (Lipinski definition) is 2. The van der Waals surface area contributed by atoms with Crippen molar-refractivity contribution in [2.45, 2.75) is 6.61 Å². The van der Waals surface area contributed by atoms with Gasteiger partial charge in [0.2, 0.25) is 0 Å². The van der Waals surface area contributed by atoms with Crippen molar-refractivity contribution >= 4 is 16.6 Å². The molecule has 0 aliphatic carbocycles. The molecule has 3 N–H and O–H groups in total. The smallest absolute Gasteiger partial charge is 0.161 e. The maximum atomic E-state index is 13.1. The van der Waals surface area contributed by atoms with E-state index < -0.39 is 11.6 Å². The van der Waals surface area contributed by atoms with Gasteiger partial charge in [0.15, 0.2) is 11.6 Å². The molecule has 2 rings (SSSR count). The fourth-order valence-electron chi connectivity index (χ4n) is 1.62. The fourth-order valence-corrected chi connectivity index (χ4v) is 1.62. The zero-order valence-electron chi connectivity index (χ0n) is 9.13. The van der Waals surface area contributed by atoms with Gasteiger partial charge in [0.1, 0.15) is 0 Å². The Morgan fingerprint density at radius 3 is 2.65 bits per heavy atom. The van der Waals surface area contributed by atoms with Crippen LogP contribution in [0, 0.1) is 11.6 Å². The second kappa shape index (κ2) is 4.60. The van der Waals surface area contributed by atoms with Crippen LogP contribution >= 0.6 is 0 Å². The van der Waals surface area contributed by atoms with Gasteiger partial charge in [0.05, 0.1) is 23.5 Å². The van der Waals surface area contributed by atoms with Crippen LogP contribution in [0.15, 0.2) is 18.2 Å².